The molecule has 0 aliphatic heterocycles. The van der Waals surface area contributed by atoms with Crippen molar-refractivity contribution in [3.63, 3.8) is 0 Å². The topological polar surface area (TPSA) is 38.3 Å². The first-order valence-corrected chi connectivity index (χ1v) is 5.78. The highest BCUT2D eigenvalue weighted by Crippen LogP contribution is 2.16. The molecule has 1 aromatic carbocycles. The van der Waals surface area contributed by atoms with Gasteiger partial charge < -0.3 is 10.1 Å². The van der Waals surface area contributed by atoms with Crippen LogP contribution in [0.4, 0.5) is 0 Å². The Hall–Kier alpha value is -0.930. The van der Waals surface area contributed by atoms with E-state index in [1.807, 2.05) is 6.92 Å². The number of ether oxygens (including phenoxy) is 1. The Morgan fingerprint density at radius 3 is 2.62 bits per heavy atom. The van der Waals surface area contributed by atoms with Gasteiger partial charge in [0, 0.05) is 5.02 Å². The summed E-state index contributed by atoms with van der Waals surface area (Å²) in [7, 11) is 0. The second-order valence-electron chi connectivity index (χ2n) is 3.32. The lowest BCUT2D eigenvalue weighted by Crippen LogP contribution is -2.34. The molecule has 0 aliphatic rings. The fourth-order valence-electron chi connectivity index (χ4n) is 1.09. The van der Waals surface area contributed by atoms with E-state index in [9.17, 15) is 4.79 Å². The summed E-state index contributed by atoms with van der Waals surface area (Å²) >= 11 is 11.1. The van der Waals surface area contributed by atoms with E-state index in [2.05, 4.69) is 5.32 Å². The molecule has 5 heteroatoms. The molecule has 1 rings (SSSR count). The van der Waals surface area contributed by atoms with Crippen molar-refractivity contribution in [2.24, 2.45) is 0 Å². The predicted molar refractivity (Wildman–Crippen MR) is 65.3 cm³/mol. The van der Waals surface area contributed by atoms with E-state index in [4.69, 9.17) is 27.9 Å². The van der Waals surface area contributed by atoms with Crippen LogP contribution in [0.15, 0.2) is 24.3 Å². The maximum atomic E-state index is 10.9. The third-order valence-corrected chi connectivity index (χ3v) is 2.35. The minimum atomic E-state index is -0.201. The van der Waals surface area contributed by atoms with Gasteiger partial charge in [0.05, 0.1) is 6.54 Å². The maximum Gasteiger partial charge on any atom is 0.235 e. The van der Waals surface area contributed by atoms with Crippen LogP contribution in [0.3, 0.4) is 0 Å². The SMILES string of the molecule is CC(CNC(=O)CCl)Oc1ccc(Cl)cc1. The van der Waals surface area contributed by atoms with Gasteiger partial charge >= 0.3 is 0 Å². The van der Waals surface area contributed by atoms with Crippen LogP contribution in [0, 0.1) is 0 Å². The van der Waals surface area contributed by atoms with Crippen molar-refractivity contribution in [3.05, 3.63) is 29.3 Å². The number of alkyl halides is 1. The van der Waals surface area contributed by atoms with Crippen LogP contribution in [-0.2, 0) is 4.79 Å². The molecule has 0 radical (unpaired) electrons. The Morgan fingerprint density at radius 2 is 2.06 bits per heavy atom. The summed E-state index contributed by atoms with van der Waals surface area (Å²) in [6.07, 6.45) is -0.117. The van der Waals surface area contributed by atoms with Crippen molar-refractivity contribution >= 4 is 29.1 Å². The first-order chi connectivity index (χ1) is 7.61. The van der Waals surface area contributed by atoms with Crippen LogP contribution in [0.1, 0.15) is 6.92 Å². The number of hydrogen-bond acceptors (Lipinski definition) is 2. The van der Waals surface area contributed by atoms with Gasteiger partial charge in [-0.1, -0.05) is 11.6 Å². The Labute approximate surface area is 105 Å². The smallest absolute Gasteiger partial charge is 0.235 e. The van der Waals surface area contributed by atoms with Crippen molar-refractivity contribution in [1.82, 2.24) is 5.32 Å². The fraction of sp³-hybridized carbons (Fsp3) is 0.364. The number of carbonyl (C=O) groups excluding carboxylic acids is 1. The Bertz CT molecular complexity index is 340. The highest BCUT2D eigenvalue weighted by Gasteiger charge is 2.05. The van der Waals surface area contributed by atoms with Crippen LogP contribution in [-0.4, -0.2) is 24.4 Å². The average molecular weight is 262 g/mol. The second-order valence-corrected chi connectivity index (χ2v) is 4.02. The molecule has 16 heavy (non-hydrogen) atoms. The summed E-state index contributed by atoms with van der Waals surface area (Å²) in [4.78, 5) is 10.9. The summed E-state index contributed by atoms with van der Waals surface area (Å²) in [5.74, 6) is 0.485. The summed E-state index contributed by atoms with van der Waals surface area (Å²) in [6.45, 7) is 2.29. The molecule has 1 atom stereocenters. The van der Waals surface area contributed by atoms with Crippen LogP contribution >= 0.6 is 23.2 Å². The quantitative estimate of drug-likeness (QED) is 0.828. The van der Waals surface area contributed by atoms with E-state index >= 15 is 0 Å². The number of benzene rings is 1. The zero-order valence-electron chi connectivity index (χ0n) is 8.87. The zero-order valence-corrected chi connectivity index (χ0v) is 10.4. The largest absolute Gasteiger partial charge is 0.489 e. The van der Waals surface area contributed by atoms with Crippen LogP contribution in [0.25, 0.3) is 0 Å². The third kappa shape index (κ3) is 4.73. The van der Waals surface area contributed by atoms with Crippen molar-refractivity contribution in [3.8, 4) is 5.75 Å². The number of carbonyl (C=O) groups is 1. The molecule has 88 valence electrons. The predicted octanol–water partition coefficient (Wildman–Crippen LogP) is 2.46. The van der Waals surface area contributed by atoms with Gasteiger partial charge in [0.1, 0.15) is 17.7 Å². The molecule has 3 nitrogen and oxygen atoms in total. The molecule has 1 amide bonds. The number of hydrogen-bond donors (Lipinski definition) is 1. The number of amides is 1. The van der Waals surface area contributed by atoms with E-state index in [1.54, 1.807) is 24.3 Å². The van der Waals surface area contributed by atoms with Crippen molar-refractivity contribution in [2.75, 3.05) is 12.4 Å². The molecule has 0 saturated carbocycles. The van der Waals surface area contributed by atoms with Crippen LogP contribution in [0.2, 0.25) is 5.02 Å². The molecule has 1 N–H and O–H groups in total. The van der Waals surface area contributed by atoms with Crippen LogP contribution in [0.5, 0.6) is 5.75 Å². The van der Waals surface area contributed by atoms with Gasteiger partial charge in [0.2, 0.25) is 5.91 Å². The number of halogens is 2. The normalized spacial score (nSPS) is 11.9. The van der Waals surface area contributed by atoms with Gasteiger partial charge in [-0.3, -0.25) is 4.79 Å². The van der Waals surface area contributed by atoms with Gasteiger partial charge in [-0.2, -0.15) is 0 Å². The number of nitrogens with one attached hydrogen (secondary N) is 1. The second kappa shape index (κ2) is 6.61. The molecular weight excluding hydrogens is 249 g/mol. The highest BCUT2D eigenvalue weighted by atomic mass is 35.5. The molecule has 0 aliphatic carbocycles. The van der Waals surface area contributed by atoms with Gasteiger partial charge in [-0.05, 0) is 31.2 Å². The van der Waals surface area contributed by atoms with Crippen molar-refractivity contribution < 1.29 is 9.53 Å². The first-order valence-electron chi connectivity index (χ1n) is 4.86. The molecule has 1 aromatic rings. The summed E-state index contributed by atoms with van der Waals surface area (Å²) < 4.78 is 5.55. The van der Waals surface area contributed by atoms with E-state index in [0.717, 1.165) is 5.75 Å². The number of rotatable bonds is 5. The average Bonchev–Trinajstić information content (AvgIpc) is 2.29. The third-order valence-electron chi connectivity index (χ3n) is 1.86. The van der Waals surface area contributed by atoms with Crippen molar-refractivity contribution in [2.45, 2.75) is 13.0 Å². The first kappa shape index (κ1) is 13.1. The zero-order chi connectivity index (χ0) is 12.0. The minimum Gasteiger partial charge on any atom is -0.489 e. The lowest BCUT2D eigenvalue weighted by molar-refractivity contribution is -0.119. The lowest BCUT2D eigenvalue weighted by Gasteiger charge is -2.15. The summed E-state index contributed by atoms with van der Waals surface area (Å²) in [5.41, 5.74) is 0. The van der Waals surface area contributed by atoms with Gasteiger partial charge in [-0.15, -0.1) is 11.6 Å². The summed E-state index contributed by atoms with van der Waals surface area (Å²) in [5, 5.41) is 3.30. The van der Waals surface area contributed by atoms with Gasteiger partial charge in [-0.25, -0.2) is 0 Å². The van der Waals surface area contributed by atoms with E-state index in [-0.39, 0.29) is 17.9 Å². The standard InChI is InChI=1S/C11H13Cl2NO2/c1-8(7-14-11(15)6-12)16-10-4-2-9(13)3-5-10/h2-5,8H,6-7H2,1H3,(H,14,15). The molecule has 0 bridgehead atoms. The monoisotopic (exact) mass is 261 g/mol. The maximum absolute atomic E-state index is 10.9. The Kier molecular flexibility index (Phi) is 5.43. The Balaban J connectivity index is 2.36. The lowest BCUT2D eigenvalue weighted by atomic mass is 10.3. The molecule has 0 aromatic heterocycles. The molecule has 0 fully saturated rings. The summed E-state index contributed by atoms with van der Waals surface area (Å²) in [6, 6.07) is 7.06. The van der Waals surface area contributed by atoms with Crippen molar-refractivity contribution in [1.29, 1.82) is 0 Å². The molecule has 0 heterocycles. The van der Waals surface area contributed by atoms with Gasteiger partial charge in [0.15, 0.2) is 0 Å². The van der Waals surface area contributed by atoms with E-state index in [0.29, 0.717) is 11.6 Å². The Morgan fingerprint density at radius 1 is 1.44 bits per heavy atom. The fourth-order valence-corrected chi connectivity index (χ4v) is 1.31. The van der Waals surface area contributed by atoms with E-state index in [1.165, 1.54) is 0 Å². The minimum absolute atomic E-state index is 0.0341. The molecular formula is C11H13Cl2NO2. The molecule has 0 spiro atoms. The van der Waals surface area contributed by atoms with Gasteiger partial charge in [0.25, 0.3) is 0 Å². The molecule has 0 saturated heterocycles. The molecule has 1 unspecified atom stereocenters. The van der Waals surface area contributed by atoms with E-state index < -0.39 is 0 Å². The highest BCUT2D eigenvalue weighted by molar-refractivity contribution is 6.30. The van der Waals surface area contributed by atoms with Crippen LogP contribution < -0.4 is 10.1 Å².